The fraction of sp³-hybridized carbons (Fsp3) is 0.0435. The van der Waals surface area contributed by atoms with Gasteiger partial charge in [0.2, 0.25) is 0 Å². The molecule has 2 heteroatoms. The Morgan fingerprint density at radius 1 is 0.458 bits per heavy atom. The maximum atomic E-state index is 6.61. The highest BCUT2D eigenvalue weighted by Gasteiger charge is 2.51. The molecule has 0 amide bonds. The van der Waals surface area contributed by atoms with E-state index in [2.05, 4.69) is 163 Å². The lowest BCUT2D eigenvalue weighted by molar-refractivity contribution is 0.263. The van der Waals surface area contributed by atoms with Crippen LogP contribution in [0.3, 0.4) is 0 Å². The largest absolute Gasteiger partial charge is 0.464 e. The van der Waals surface area contributed by atoms with Crippen LogP contribution >= 0.6 is 0 Å². The van der Waals surface area contributed by atoms with Crippen molar-refractivity contribution in [3.05, 3.63) is 192 Å². The third-order valence-corrected chi connectivity index (χ3v) is 10.9. The summed E-state index contributed by atoms with van der Waals surface area (Å²) in [5.74, 6) is 0.926. The first-order chi connectivity index (χ1) is 23.8. The molecule has 1 unspecified atom stereocenters. The fourth-order valence-electron chi connectivity index (χ4n) is 8.88. The molecular formula is C46H29NO. The number of hydrogen-bond donors (Lipinski definition) is 1. The van der Waals surface area contributed by atoms with Gasteiger partial charge in [-0.15, -0.1) is 0 Å². The molecule has 1 heterocycles. The Morgan fingerprint density at radius 3 is 1.73 bits per heavy atom. The molecule has 0 aromatic heterocycles. The Labute approximate surface area is 278 Å². The quantitative estimate of drug-likeness (QED) is 0.196. The number of benzene rings is 8. The van der Waals surface area contributed by atoms with Crippen LogP contribution in [-0.4, -0.2) is 0 Å². The number of ether oxygens (including phenoxy) is 1. The predicted octanol–water partition coefficient (Wildman–Crippen LogP) is 11.5. The molecule has 0 fully saturated rings. The average molecular weight is 612 g/mol. The van der Waals surface area contributed by atoms with Crippen LogP contribution in [-0.2, 0) is 5.41 Å². The zero-order valence-corrected chi connectivity index (χ0v) is 26.1. The molecule has 0 bridgehead atoms. The minimum absolute atomic E-state index is 0.199. The summed E-state index contributed by atoms with van der Waals surface area (Å²) in [6, 6.07) is 60.2. The lowest BCUT2D eigenvalue weighted by atomic mass is 9.70. The highest BCUT2D eigenvalue weighted by molar-refractivity contribution is 6.13. The molecule has 1 aliphatic heterocycles. The smallest absolute Gasteiger partial charge is 0.196 e. The average Bonchev–Trinajstić information content (AvgIpc) is 3.82. The molecule has 8 aromatic rings. The summed E-state index contributed by atoms with van der Waals surface area (Å²) >= 11 is 0. The van der Waals surface area contributed by atoms with E-state index in [1.54, 1.807) is 0 Å². The molecule has 0 radical (unpaired) electrons. The number of rotatable bonds is 2. The van der Waals surface area contributed by atoms with Crippen molar-refractivity contribution in [2.75, 3.05) is 5.32 Å². The topological polar surface area (TPSA) is 21.3 Å². The first kappa shape index (κ1) is 26.0. The molecule has 2 nitrogen and oxygen atoms in total. The van der Waals surface area contributed by atoms with E-state index in [1.165, 1.54) is 71.8 Å². The Morgan fingerprint density at radius 2 is 1.02 bits per heavy atom. The van der Waals surface area contributed by atoms with E-state index in [0.29, 0.717) is 0 Å². The second kappa shape index (κ2) is 9.47. The van der Waals surface area contributed by atoms with Gasteiger partial charge in [-0.2, -0.15) is 0 Å². The molecule has 3 aliphatic rings. The summed E-state index contributed by atoms with van der Waals surface area (Å²) in [6.07, 6.45) is -0.199. The van der Waals surface area contributed by atoms with Gasteiger partial charge in [-0.25, -0.2) is 0 Å². The molecule has 1 atom stereocenters. The van der Waals surface area contributed by atoms with Crippen LogP contribution in [0.4, 0.5) is 5.69 Å². The second-order valence-electron chi connectivity index (χ2n) is 13.2. The van der Waals surface area contributed by atoms with Crippen LogP contribution in [0.15, 0.2) is 164 Å². The molecular weight excluding hydrogens is 583 g/mol. The molecule has 224 valence electrons. The summed E-state index contributed by atoms with van der Waals surface area (Å²) in [7, 11) is 0. The van der Waals surface area contributed by atoms with E-state index >= 15 is 0 Å². The van der Waals surface area contributed by atoms with Gasteiger partial charge in [0.15, 0.2) is 12.0 Å². The van der Waals surface area contributed by atoms with E-state index in [0.717, 1.165) is 22.4 Å². The summed E-state index contributed by atoms with van der Waals surface area (Å²) in [5, 5.41) is 8.34. The van der Waals surface area contributed by atoms with Gasteiger partial charge in [-0.1, -0.05) is 146 Å². The van der Waals surface area contributed by atoms with Crippen LogP contribution < -0.4 is 10.1 Å². The van der Waals surface area contributed by atoms with Crippen LogP contribution in [0.1, 0.15) is 34.0 Å². The van der Waals surface area contributed by atoms with Gasteiger partial charge >= 0.3 is 0 Å². The number of fused-ring (bicyclic) bond motifs is 15. The van der Waals surface area contributed by atoms with Crippen molar-refractivity contribution in [1.82, 2.24) is 0 Å². The number of nitrogens with one attached hydrogen (secondary N) is 1. The van der Waals surface area contributed by atoms with Crippen molar-refractivity contribution in [1.29, 1.82) is 0 Å². The van der Waals surface area contributed by atoms with Gasteiger partial charge in [0.05, 0.1) is 11.1 Å². The molecule has 11 rings (SSSR count). The number of hydrogen-bond acceptors (Lipinski definition) is 2. The SMILES string of the molecule is c1ccc(C2Nc3ccc4ccc5cc(-c6ccc7c(c6)C6(c8ccccc8-c8ccccc86)c6ccccc6-7)ccc5c4c3O2)cc1. The van der Waals surface area contributed by atoms with Crippen molar-refractivity contribution in [2.24, 2.45) is 0 Å². The summed E-state index contributed by atoms with van der Waals surface area (Å²) in [6.45, 7) is 0. The third-order valence-electron chi connectivity index (χ3n) is 10.9. The lowest BCUT2D eigenvalue weighted by Gasteiger charge is -2.30. The van der Waals surface area contributed by atoms with E-state index in [-0.39, 0.29) is 11.6 Å². The van der Waals surface area contributed by atoms with Crippen molar-refractivity contribution in [2.45, 2.75) is 11.6 Å². The van der Waals surface area contributed by atoms with Crippen molar-refractivity contribution in [3.8, 4) is 39.1 Å². The van der Waals surface area contributed by atoms with Crippen molar-refractivity contribution >= 4 is 27.2 Å². The summed E-state index contributed by atoms with van der Waals surface area (Å²) in [4.78, 5) is 0. The maximum Gasteiger partial charge on any atom is 0.196 e. The molecule has 48 heavy (non-hydrogen) atoms. The highest BCUT2D eigenvalue weighted by atomic mass is 16.5. The fourth-order valence-corrected chi connectivity index (χ4v) is 8.88. The van der Waals surface area contributed by atoms with Crippen LogP contribution in [0.5, 0.6) is 5.75 Å². The summed E-state index contributed by atoms with van der Waals surface area (Å²) < 4.78 is 6.61. The first-order valence-corrected chi connectivity index (χ1v) is 16.7. The zero-order chi connectivity index (χ0) is 31.4. The monoisotopic (exact) mass is 611 g/mol. The first-order valence-electron chi connectivity index (χ1n) is 16.7. The van der Waals surface area contributed by atoms with Gasteiger partial charge in [-0.3, -0.25) is 0 Å². The lowest BCUT2D eigenvalue weighted by Crippen LogP contribution is -2.25. The van der Waals surface area contributed by atoms with Crippen LogP contribution in [0.25, 0.3) is 54.9 Å². The summed E-state index contributed by atoms with van der Waals surface area (Å²) in [5.41, 5.74) is 15.0. The van der Waals surface area contributed by atoms with Gasteiger partial charge in [0, 0.05) is 10.9 Å². The minimum atomic E-state index is -0.345. The van der Waals surface area contributed by atoms with Gasteiger partial charge in [0.25, 0.3) is 0 Å². The molecule has 2 aliphatic carbocycles. The van der Waals surface area contributed by atoms with Gasteiger partial charge < -0.3 is 10.1 Å². The molecule has 0 saturated carbocycles. The van der Waals surface area contributed by atoms with E-state index in [4.69, 9.17) is 4.74 Å². The molecule has 8 aromatic carbocycles. The molecule has 1 N–H and O–H groups in total. The van der Waals surface area contributed by atoms with Gasteiger partial charge in [-0.05, 0) is 90.0 Å². The Hall–Kier alpha value is -6.12. The standard InChI is InChI=1S/C46H29NO/c1-2-10-29(11-3-1)45-47-42-25-22-28-18-19-32-26-30(20-23-33(32)43(28)44(42)48-45)31-21-24-37-36-14-6-9-17-40(36)46(41(37)27-31)38-15-7-4-12-34(38)35-13-5-8-16-39(35)46/h1-27,45,47H. The van der Waals surface area contributed by atoms with Crippen molar-refractivity contribution < 1.29 is 4.74 Å². The predicted molar refractivity (Wildman–Crippen MR) is 197 cm³/mol. The Balaban J connectivity index is 1.09. The van der Waals surface area contributed by atoms with E-state index in [9.17, 15) is 0 Å². The van der Waals surface area contributed by atoms with Crippen LogP contribution in [0.2, 0.25) is 0 Å². The molecule has 0 saturated heterocycles. The minimum Gasteiger partial charge on any atom is -0.464 e. The van der Waals surface area contributed by atoms with E-state index < -0.39 is 0 Å². The maximum absolute atomic E-state index is 6.61. The van der Waals surface area contributed by atoms with Gasteiger partial charge in [0.1, 0.15) is 0 Å². The normalized spacial score (nSPS) is 15.8. The van der Waals surface area contributed by atoms with Crippen LogP contribution in [0, 0.1) is 0 Å². The second-order valence-corrected chi connectivity index (χ2v) is 13.2. The van der Waals surface area contributed by atoms with Crippen molar-refractivity contribution in [3.63, 3.8) is 0 Å². The Kier molecular flexibility index (Phi) is 5.13. The van der Waals surface area contributed by atoms with E-state index in [1.807, 2.05) is 6.07 Å². The number of anilines is 1. The highest BCUT2D eigenvalue weighted by Crippen LogP contribution is 2.63. The third kappa shape index (κ3) is 3.31. The Bertz CT molecular complexity index is 2570. The zero-order valence-electron chi connectivity index (χ0n) is 26.1. The molecule has 1 spiro atoms.